The van der Waals surface area contributed by atoms with Crippen LogP contribution in [0.25, 0.3) is 0 Å². The Kier molecular flexibility index (Phi) is 8.04. The van der Waals surface area contributed by atoms with Crippen LogP contribution >= 0.6 is 34.9 Å². The predicted molar refractivity (Wildman–Crippen MR) is 102 cm³/mol. The van der Waals surface area contributed by atoms with Crippen LogP contribution in [0.3, 0.4) is 0 Å². The molecule has 8 heteroatoms. The van der Waals surface area contributed by atoms with Gasteiger partial charge in [-0.2, -0.15) is 0 Å². The second kappa shape index (κ2) is 10.0. The fraction of sp³-hybridized carbons (Fsp3) is 0.438. The summed E-state index contributed by atoms with van der Waals surface area (Å²) in [5.41, 5.74) is 1.23. The molecule has 0 aliphatic rings. The molecule has 0 aliphatic heterocycles. The van der Waals surface area contributed by atoms with Crippen LogP contribution in [0, 0.1) is 0 Å². The zero-order valence-corrected chi connectivity index (χ0v) is 16.6. The number of rotatable bonds is 9. The van der Waals surface area contributed by atoms with E-state index in [2.05, 4.69) is 48.7 Å². The molecule has 1 aromatic heterocycles. The van der Waals surface area contributed by atoms with Crippen molar-refractivity contribution in [2.45, 2.75) is 21.6 Å². The van der Waals surface area contributed by atoms with Crippen molar-refractivity contribution < 1.29 is 9.69 Å². The summed E-state index contributed by atoms with van der Waals surface area (Å²) in [6, 6.07) is 10.5. The Hall–Kier alpha value is -1.09. The Balaban J connectivity index is 1.80. The van der Waals surface area contributed by atoms with Gasteiger partial charge in [0.25, 0.3) is 0 Å². The monoisotopic (exact) mass is 383 g/mol. The number of amides is 1. The minimum absolute atomic E-state index is 0.0297. The van der Waals surface area contributed by atoms with E-state index >= 15 is 0 Å². The van der Waals surface area contributed by atoms with E-state index in [1.807, 2.05) is 18.2 Å². The van der Waals surface area contributed by atoms with Crippen LogP contribution in [-0.2, 0) is 4.79 Å². The van der Waals surface area contributed by atoms with Crippen molar-refractivity contribution in [3.8, 4) is 0 Å². The zero-order valence-electron chi connectivity index (χ0n) is 14.1. The van der Waals surface area contributed by atoms with Gasteiger partial charge in [-0.15, -0.1) is 10.2 Å². The number of hydrogen-bond acceptors (Lipinski definition) is 6. The summed E-state index contributed by atoms with van der Waals surface area (Å²) in [5.74, 6) is 1.38. The highest BCUT2D eigenvalue weighted by Gasteiger charge is 2.18. The number of quaternary nitrogens is 1. The highest BCUT2D eigenvalue weighted by molar-refractivity contribution is 8.03. The van der Waals surface area contributed by atoms with Gasteiger partial charge in [0.1, 0.15) is 6.04 Å². The molecule has 2 N–H and O–H groups in total. The van der Waals surface area contributed by atoms with Crippen molar-refractivity contribution in [3.05, 3.63) is 35.9 Å². The van der Waals surface area contributed by atoms with Crippen molar-refractivity contribution in [2.24, 2.45) is 0 Å². The van der Waals surface area contributed by atoms with Gasteiger partial charge in [0, 0.05) is 5.56 Å². The van der Waals surface area contributed by atoms with Gasteiger partial charge in [-0.25, -0.2) is 0 Å². The van der Waals surface area contributed by atoms with E-state index in [0.717, 1.165) is 14.4 Å². The van der Waals surface area contributed by atoms with Crippen LogP contribution < -0.4 is 10.2 Å². The lowest BCUT2D eigenvalue weighted by atomic mass is 10.1. The van der Waals surface area contributed by atoms with Gasteiger partial charge in [0.15, 0.2) is 8.68 Å². The molecule has 0 saturated carbocycles. The molecular formula is C16H23N4OS3+. The van der Waals surface area contributed by atoms with Crippen LogP contribution in [0.4, 0.5) is 0 Å². The van der Waals surface area contributed by atoms with Crippen LogP contribution in [-0.4, -0.2) is 48.3 Å². The van der Waals surface area contributed by atoms with Crippen molar-refractivity contribution in [1.82, 2.24) is 15.5 Å². The molecular weight excluding hydrogens is 360 g/mol. The van der Waals surface area contributed by atoms with Crippen molar-refractivity contribution in [1.29, 1.82) is 0 Å². The number of carbonyl (C=O) groups is 1. The Morgan fingerprint density at radius 2 is 1.88 bits per heavy atom. The van der Waals surface area contributed by atoms with Gasteiger partial charge < -0.3 is 10.2 Å². The number of nitrogens with one attached hydrogen (secondary N) is 2. The molecule has 1 amide bonds. The Labute approximate surface area is 155 Å². The molecule has 2 aromatic rings. The third-order valence-corrected chi connectivity index (χ3v) is 6.46. The molecule has 24 heavy (non-hydrogen) atoms. The molecule has 5 nitrogen and oxygen atoms in total. The average Bonchev–Trinajstić information content (AvgIpc) is 3.02. The zero-order chi connectivity index (χ0) is 17.4. The SMILES string of the molecule is CCSc1nnc(SCC(=O)NC[C@H](c2ccccc2)[NH+](C)C)s1. The maximum absolute atomic E-state index is 12.1. The van der Waals surface area contributed by atoms with Gasteiger partial charge in [0.2, 0.25) is 5.91 Å². The van der Waals surface area contributed by atoms with Crippen LogP contribution in [0.2, 0.25) is 0 Å². The quantitative estimate of drug-likeness (QED) is 0.646. The first-order valence-corrected chi connectivity index (χ1v) is 10.6. The second-order valence-electron chi connectivity index (χ2n) is 5.40. The maximum Gasteiger partial charge on any atom is 0.230 e. The molecule has 130 valence electrons. The molecule has 1 atom stereocenters. The molecule has 1 aromatic carbocycles. The average molecular weight is 384 g/mol. The summed E-state index contributed by atoms with van der Waals surface area (Å²) in [7, 11) is 4.21. The van der Waals surface area contributed by atoms with E-state index < -0.39 is 0 Å². The summed E-state index contributed by atoms with van der Waals surface area (Å²) < 4.78 is 1.81. The van der Waals surface area contributed by atoms with E-state index in [0.29, 0.717) is 12.3 Å². The number of benzene rings is 1. The summed E-state index contributed by atoms with van der Waals surface area (Å²) in [4.78, 5) is 13.4. The minimum atomic E-state index is 0.0297. The molecule has 0 spiro atoms. The first-order chi connectivity index (χ1) is 11.6. The molecule has 0 bridgehead atoms. The molecule has 0 saturated heterocycles. The smallest absolute Gasteiger partial charge is 0.230 e. The number of thioether (sulfide) groups is 2. The van der Waals surface area contributed by atoms with E-state index in [9.17, 15) is 4.79 Å². The van der Waals surface area contributed by atoms with Crippen molar-refractivity contribution in [2.75, 3.05) is 32.1 Å². The third-order valence-electron chi connectivity index (χ3n) is 3.38. The van der Waals surface area contributed by atoms with Gasteiger partial charge in [-0.3, -0.25) is 4.79 Å². The number of nitrogens with zero attached hydrogens (tertiary/aromatic N) is 2. The lowest BCUT2D eigenvalue weighted by molar-refractivity contribution is -0.890. The van der Waals surface area contributed by atoms with Crippen molar-refractivity contribution in [3.63, 3.8) is 0 Å². The topological polar surface area (TPSA) is 59.3 Å². The fourth-order valence-electron chi connectivity index (χ4n) is 2.17. The summed E-state index contributed by atoms with van der Waals surface area (Å²) >= 11 is 4.66. The van der Waals surface area contributed by atoms with Gasteiger partial charge >= 0.3 is 0 Å². The summed E-state index contributed by atoms with van der Waals surface area (Å²) in [5, 5.41) is 11.2. The second-order valence-corrected chi connectivity index (χ2v) is 9.11. The van der Waals surface area contributed by atoms with Crippen LogP contribution in [0.5, 0.6) is 0 Å². The first kappa shape index (κ1) is 19.2. The van der Waals surface area contributed by atoms with Gasteiger partial charge in [0.05, 0.1) is 26.4 Å². The summed E-state index contributed by atoms with van der Waals surface area (Å²) in [6.45, 7) is 2.71. The normalized spacial score (nSPS) is 12.3. The molecule has 0 aliphatic carbocycles. The molecule has 0 radical (unpaired) electrons. The Morgan fingerprint density at radius 3 is 2.50 bits per heavy atom. The highest BCUT2D eigenvalue weighted by Crippen LogP contribution is 2.28. The number of carbonyl (C=O) groups excluding carboxylic acids is 1. The van der Waals surface area contributed by atoms with E-state index in [1.165, 1.54) is 22.2 Å². The first-order valence-electron chi connectivity index (χ1n) is 7.81. The lowest BCUT2D eigenvalue weighted by Gasteiger charge is -2.22. The minimum Gasteiger partial charge on any atom is -0.349 e. The summed E-state index contributed by atoms with van der Waals surface area (Å²) in [6.07, 6.45) is 0. The number of likely N-dealkylation sites (N-methyl/N-ethyl adjacent to an activating group) is 1. The Morgan fingerprint density at radius 1 is 1.21 bits per heavy atom. The van der Waals surface area contributed by atoms with Crippen LogP contribution in [0.1, 0.15) is 18.5 Å². The molecule has 0 unspecified atom stereocenters. The van der Waals surface area contributed by atoms with E-state index in [-0.39, 0.29) is 11.9 Å². The Bertz CT molecular complexity index is 633. The third kappa shape index (κ3) is 6.08. The number of aromatic nitrogens is 2. The van der Waals surface area contributed by atoms with Gasteiger partial charge in [-0.1, -0.05) is 72.1 Å². The maximum atomic E-state index is 12.1. The fourth-order valence-corrected chi connectivity index (χ4v) is 4.92. The largest absolute Gasteiger partial charge is 0.349 e. The van der Waals surface area contributed by atoms with E-state index in [4.69, 9.17) is 0 Å². The van der Waals surface area contributed by atoms with Gasteiger partial charge in [-0.05, 0) is 5.75 Å². The standard InChI is InChI=1S/C16H22N4OS3/c1-4-22-15-18-19-16(24-15)23-11-14(21)17-10-13(20(2)3)12-8-6-5-7-9-12/h5-9,13H,4,10-11H2,1-3H3,(H,17,21)/p+1/t13-/m1/s1. The lowest BCUT2D eigenvalue weighted by Crippen LogP contribution is -3.07. The molecule has 2 rings (SSSR count). The highest BCUT2D eigenvalue weighted by atomic mass is 32.2. The number of hydrogen-bond donors (Lipinski definition) is 2. The van der Waals surface area contributed by atoms with E-state index in [1.54, 1.807) is 23.1 Å². The van der Waals surface area contributed by atoms with Crippen molar-refractivity contribution >= 4 is 40.8 Å². The molecule has 0 fully saturated rings. The van der Waals surface area contributed by atoms with Crippen LogP contribution in [0.15, 0.2) is 39.0 Å². The predicted octanol–water partition coefficient (Wildman–Crippen LogP) is 1.74. The molecule has 1 heterocycles.